The van der Waals surface area contributed by atoms with Gasteiger partial charge >= 0.3 is 19.8 Å². The first kappa shape index (κ1) is 17.4. The van der Waals surface area contributed by atoms with E-state index in [1.165, 1.54) is 12.8 Å². The molecule has 6 heteroatoms. The summed E-state index contributed by atoms with van der Waals surface area (Å²) in [4.78, 5) is 6.42. The molecule has 0 bridgehead atoms. The molecule has 0 atom stereocenters. The molecule has 0 aromatic carbocycles. The van der Waals surface area contributed by atoms with E-state index >= 15 is 0 Å². The Kier molecular flexibility index (Phi) is 7.43. The summed E-state index contributed by atoms with van der Waals surface area (Å²) < 4.78 is 0. The van der Waals surface area contributed by atoms with E-state index in [2.05, 4.69) is 39.6 Å². The molecule has 0 saturated carbocycles. The first-order chi connectivity index (χ1) is 9.16. The quantitative estimate of drug-likeness (QED) is 0.205. The summed E-state index contributed by atoms with van der Waals surface area (Å²) in [5.41, 5.74) is 5.85. The normalized spacial score (nSPS) is 17.4. The maximum absolute atomic E-state index is 4.44. The maximum Gasteiger partial charge on any atom is 3.00 e. The van der Waals surface area contributed by atoms with Gasteiger partial charge in [0.05, 0.1) is 5.69 Å². The predicted molar refractivity (Wildman–Crippen MR) is 89.3 cm³/mol. The number of thiol groups is 1. The van der Waals surface area contributed by atoms with E-state index in [-0.39, 0.29) is 19.8 Å². The van der Waals surface area contributed by atoms with Crippen molar-refractivity contribution in [2.45, 2.75) is 26.7 Å². The summed E-state index contributed by atoms with van der Waals surface area (Å²) in [6.07, 6.45) is 4.15. The van der Waals surface area contributed by atoms with Gasteiger partial charge in [0.1, 0.15) is 0 Å². The van der Waals surface area contributed by atoms with Crippen molar-refractivity contribution >= 4 is 42.8 Å². The van der Waals surface area contributed by atoms with Crippen LogP contribution in [0.15, 0.2) is 29.5 Å². The minimum Gasteiger partial charge on any atom is -0.515 e. The van der Waals surface area contributed by atoms with Crippen LogP contribution in [0.2, 0.25) is 0 Å². The monoisotopic (exact) mass is 345 g/mol. The van der Waals surface area contributed by atoms with Gasteiger partial charge in [0, 0.05) is 25.0 Å². The minimum absolute atomic E-state index is 0. The van der Waals surface area contributed by atoms with Crippen molar-refractivity contribution in [1.82, 2.24) is 9.88 Å². The number of aromatic nitrogens is 1. The molecule has 20 heavy (non-hydrogen) atoms. The molecule has 1 aromatic heterocycles. The average Bonchev–Trinajstić information content (AvgIpc) is 2.46. The molecule has 0 unspecified atom stereocenters. The van der Waals surface area contributed by atoms with Crippen molar-refractivity contribution < 1.29 is 0 Å². The Balaban J connectivity index is 0.00000200. The molecule has 2 heterocycles. The summed E-state index contributed by atoms with van der Waals surface area (Å²) in [6, 6.07) is 5.76. The predicted octanol–water partition coefficient (Wildman–Crippen LogP) is 1.90. The first-order valence-electron chi connectivity index (χ1n) is 6.64. The number of piperidine rings is 1. The van der Waals surface area contributed by atoms with Gasteiger partial charge in [-0.15, -0.1) is 0 Å². The van der Waals surface area contributed by atoms with E-state index in [1.54, 1.807) is 6.20 Å². The smallest absolute Gasteiger partial charge is 0.515 e. The Morgan fingerprint density at radius 3 is 2.70 bits per heavy atom. The molecule has 0 radical (unpaired) electrons. The molecule has 1 aliphatic heterocycles. The molecule has 4 nitrogen and oxygen atoms in total. The van der Waals surface area contributed by atoms with E-state index in [0.717, 1.165) is 30.4 Å². The number of hydrogen-bond donors (Lipinski definition) is 0. The van der Waals surface area contributed by atoms with Gasteiger partial charge in [-0.25, -0.2) is 4.90 Å². The molecular formula is C14H20GaN4S+3. The first-order valence-corrected chi connectivity index (χ1v) is 7.09. The van der Waals surface area contributed by atoms with Crippen molar-refractivity contribution in [3.63, 3.8) is 0 Å². The van der Waals surface area contributed by atoms with Crippen molar-refractivity contribution in [2.75, 3.05) is 13.1 Å². The van der Waals surface area contributed by atoms with Gasteiger partial charge in [-0.05, 0) is 37.8 Å². The number of nitrogens with zero attached hydrogens (tertiary/aromatic N) is 4. The van der Waals surface area contributed by atoms with Gasteiger partial charge in [-0.1, -0.05) is 13.0 Å². The number of pyridine rings is 1. The Morgan fingerprint density at radius 1 is 1.40 bits per heavy atom. The van der Waals surface area contributed by atoms with Crippen LogP contribution in [-0.2, 0) is 12.2 Å². The average molecular weight is 346 g/mol. The number of hydrogen-bond acceptors (Lipinski definition) is 2. The Labute approximate surface area is 139 Å². The summed E-state index contributed by atoms with van der Waals surface area (Å²) in [6.45, 7) is 6.23. The molecule has 1 aliphatic rings. The Hall–Kier alpha value is -0.694. The summed E-state index contributed by atoms with van der Waals surface area (Å²) in [5, 5.41) is 4.91. The SMILES string of the molecule is CC(=N[N-]C(=[SH+])N1CCC(C)CC1)c1ccccn1.[Ga+3]. The van der Waals surface area contributed by atoms with E-state index in [0.29, 0.717) is 5.11 Å². The van der Waals surface area contributed by atoms with E-state index in [4.69, 9.17) is 0 Å². The van der Waals surface area contributed by atoms with E-state index < -0.39 is 0 Å². The standard InChI is InChI=1S/C14H20N4S.Ga/c1-11-6-9-18(10-7-11)14(19)17-16-12(2)13-5-3-4-8-15-13;/h3-5,8,11H,6-7,9-10H2,1-2H3,(H,15,17,19);/q;+3. The molecule has 2 rings (SSSR count). The van der Waals surface area contributed by atoms with Crippen LogP contribution in [0.3, 0.4) is 0 Å². The molecule has 1 aromatic rings. The van der Waals surface area contributed by atoms with Crippen LogP contribution in [0.5, 0.6) is 0 Å². The fourth-order valence-electron chi connectivity index (χ4n) is 2.02. The van der Waals surface area contributed by atoms with Gasteiger partial charge in [-0.2, -0.15) is 0 Å². The molecule has 1 saturated heterocycles. The third-order valence-corrected chi connectivity index (χ3v) is 3.76. The van der Waals surface area contributed by atoms with E-state index in [9.17, 15) is 0 Å². The number of rotatable bonds is 2. The molecular weight excluding hydrogens is 326 g/mol. The van der Waals surface area contributed by atoms with Gasteiger partial charge in [0.2, 0.25) is 0 Å². The molecule has 1 fully saturated rings. The summed E-state index contributed by atoms with van der Waals surface area (Å²) in [7, 11) is 0. The third-order valence-electron chi connectivity index (χ3n) is 3.39. The molecule has 0 spiro atoms. The maximum atomic E-state index is 4.44. The molecule has 0 N–H and O–H groups in total. The largest absolute Gasteiger partial charge is 3.00 e. The van der Waals surface area contributed by atoms with Crippen molar-refractivity contribution in [1.29, 1.82) is 0 Å². The summed E-state index contributed by atoms with van der Waals surface area (Å²) >= 11 is 4.44. The van der Waals surface area contributed by atoms with Gasteiger partial charge in [-0.3, -0.25) is 4.98 Å². The second-order valence-electron chi connectivity index (χ2n) is 4.97. The van der Waals surface area contributed by atoms with Crippen LogP contribution in [-0.4, -0.2) is 53.6 Å². The van der Waals surface area contributed by atoms with Crippen LogP contribution in [0.25, 0.3) is 5.43 Å². The Bertz CT molecular complexity index is 456. The zero-order valence-corrected chi connectivity index (χ0v) is 15.3. The van der Waals surface area contributed by atoms with Gasteiger partial charge < -0.3 is 10.5 Å². The van der Waals surface area contributed by atoms with Crippen LogP contribution < -0.4 is 0 Å². The Morgan fingerprint density at radius 2 is 2.10 bits per heavy atom. The van der Waals surface area contributed by atoms with Gasteiger partial charge in [0.25, 0.3) is 0 Å². The van der Waals surface area contributed by atoms with Crippen molar-refractivity contribution in [3.8, 4) is 0 Å². The fraction of sp³-hybridized carbons (Fsp3) is 0.500. The molecule has 0 aliphatic carbocycles. The number of likely N-dealkylation sites (tertiary alicyclic amines) is 1. The van der Waals surface area contributed by atoms with Crippen molar-refractivity contribution in [2.24, 2.45) is 11.0 Å². The zero-order chi connectivity index (χ0) is 13.7. The second kappa shape index (κ2) is 8.56. The van der Waals surface area contributed by atoms with E-state index in [1.807, 2.05) is 25.1 Å². The van der Waals surface area contributed by atoms with Gasteiger partial charge in [0.15, 0.2) is 17.3 Å². The second-order valence-corrected chi connectivity index (χ2v) is 5.37. The van der Waals surface area contributed by atoms with Crippen molar-refractivity contribution in [3.05, 3.63) is 35.5 Å². The van der Waals surface area contributed by atoms with Crippen LogP contribution in [0.4, 0.5) is 0 Å². The summed E-state index contributed by atoms with van der Waals surface area (Å²) in [5.74, 6) is 0.802. The van der Waals surface area contributed by atoms with Crippen LogP contribution in [0, 0.1) is 5.92 Å². The van der Waals surface area contributed by atoms with Crippen LogP contribution >= 0.6 is 0 Å². The third kappa shape index (κ3) is 5.01. The topological polar surface area (TPSA) is 42.6 Å². The molecule has 0 amide bonds. The minimum atomic E-state index is 0. The van der Waals surface area contributed by atoms with Crippen LogP contribution in [0.1, 0.15) is 32.4 Å². The zero-order valence-electron chi connectivity index (χ0n) is 12.0. The molecule has 102 valence electrons. The fourth-order valence-corrected chi connectivity index (χ4v) is 2.26.